The van der Waals surface area contributed by atoms with Gasteiger partial charge in [-0.05, 0) is 6.07 Å². The Labute approximate surface area is 76.8 Å². The molecule has 0 aliphatic rings. The summed E-state index contributed by atoms with van der Waals surface area (Å²) in [4.78, 5) is 8.29. The predicted octanol–water partition coefficient (Wildman–Crippen LogP) is 3.13. The lowest BCUT2D eigenvalue weighted by Crippen LogP contribution is -1.86. The molecule has 0 spiro atoms. The van der Waals surface area contributed by atoms with Gasteiger partial charge in [-0.3, -0.25) is 0 Å². The van der Waals surface area contributed by atoms with Crippen LogP contribution in [0.25, 0.3) is 4.85 Å². The summed E-state index contributed by atoms with van der Waals surface area (Å²) in [6.07, 6.45) is 1.65. The molecule has 0 unspecified atom stereocenters. The van der Waals surface area contributed by atoms with Crippen molar-refractivity contribution in [2.24, 2.45) is 0 Å². The Morgan fingerprint density at radius 3 is 2.92 bits per heavy atom. The molecule has 0 saturated heterocycles. The quantitative estimate of drug-likeness (QED) is 0.511. The third-order valence-electron chi connectivity index (χ3n) is 1.22. The highest BCUT2D eigenvalue weighted by Crippen LogP contribution is 2.29. The van der Waals surface area contributed by atoms with Crippen molar-refractivity contribution in [1.82, 2.24) is 4.98 Å². The zero-order valence-electron chi connectivity index (χ0n) is 7.11. The first kappa shape index (κ1) is 9.08. The summed E-state index contributed by atoms with van der Waals surface area (Å²) in [5.74, 6) is 0.510. The van der Waals surface area contributed by atoms with Crippen LogP contribution >= 0.6 is 11.8 Å². The molecule has 0 atom stereocenters. The number of rotatable bonds is 2. The molecule has 1 aromatic rings. The topological polar surface area (TPSA) is 17.2 Å². The minimum atomic E-state index is 0.495. The molecule has 1 heterocycles. The Balaban J connectivity index is 2.91. The van der Waals surface area contributed by atoms with Gasteiger partial charge in [0.2, 0.25) is 0 Å². The first-order chi connectivity index (χ1) is 5.74. The second-order valence-electron chi connectivity index (χ2n) is 2.60. The molecule has 0 saturated carbocycles. The number of aromatic nitrogens is 1. The molecule has 0 radical (unpaired) electrons. The van der Waals surface area contributed by atoms with Crippen LogP contribution in [-0.4, -0.2) is 10.2 Å². The van der Waals surface area contributed by atoms with E-state index in [9.17, 15) is 0 Å². The highest BCUT2D eigenvalue weighted by atomic mass is 32.2. The first-order valence-electron chi connectivity index (χ1n) is 3.73. The van der Waals surface area contributed by atoms with Crippen molar-refractivity contribution in [2.45, 2.75) is 24.0 Å². The molecular formula is C9H10N2S. The fourth-order valence-corrected chi connectivity index (χ4v) is 1.68. The van der Waals surface area contributed by atoms with Gasteiger partial charge >= 0.3 is 0 Å². The second-order valence-corrected chi connectivity index (χ2v) is 4.22. The van der Waals surface area contributed by atoms with Crippen molar-refractivity contribution in [1.29, 1.82) is 0 Å². The minimum absolute atomic E-state index is 0.495. The molecule has 12 heavy (non-hydrogen) atoms. The van der Waals surface area contributed by atoms with E-state index in [1.165, 1.54) is 0 Å². The maximum absolute atomic E-state index is 6.88. The molecule has 0 aliphatic carbocycles. The summed E-state index contributed by atoms with van der Waals surface area (Å²) in [5.41, 5.74) is 0. The van der Waals surface area contributed by atoms with E-state index in [4.69, 9.17) is 6.57 Å². The summed E-state index contributed by atoms with van der Waals surface area (Å²) in [6, 6.07) is 3.80. The number of pyridine rings is 1. The van der Waals surface area contributed by atoms with Crippen molar-refractivity contribution < 1.29 is 0 Å². The molecule has 0 bridgehead atoms. The summed E-state index contributed by atoms with van der Waals surface area (Å²) in [6.45, 7) is 11.1. The Morgan fingerprint density at radius 1 is 1.58 bits per heavy atom. The summed E-state index contributed by atoms with van der Waals surface area (Å²) in [7, 11) is 0. The summed E-state index contributed by atoms with van der Waals surface area (Å²) >= 11 is 1.67. The lowest BCUT2D eigenvalue weighted by Gasteiger charge is -2.04. The SMILES string of the molecule is [C-]#[N+]c1ncccc1SC(C)C. The first-order valence-corrected chi connectivity index (χ1v) is 4.61. The molecule has 0 aromatic carbocycles. The van der Waals surface area contributed by atoms with Gasteiger partial charge in [0.25, 0.3) is 5.82 Å². The van der Waals surface area contributed by atoms with Gasteiger partial charge in [-0.1, -0.05) is 26.5 Å². The lowest BCUT2D eigenvalue weighted by molar-refractivity contribution is 1.11. The third-order valence-corrected chi connectivity index (χ3v) is 2.26. The maximum Gasteiger partial charge on any atom is 0.283 e. The molecule has 3 heteroatoms. The van der Waals surface area contributed by atoms with Crippen LogP contribution in [0, 0.1) is 6.57 Å². The standard InChI is InChI=1S/C9H10N2S/c1-7(2)12-8-5-4-6-11-9(8)10-3/h4-7H,1-2H3. The van der Waals surface area contributed by atoms with Crippen LogP contribution < -0.4 is 0 Å². The predicted molar refractivity (Wildman–Crippen MR) is 51.5 cm³/mol. The molecule has 2 nitrogen and oxygen atoms in total. The van der Waals surface area contributed by atoms with Crippen LogP contribution in [0.15, 0.2) is 23.2 Å². The summed E-state index contributed by atoms with van der Waals surface area (Å²) in [5, 5.41) is 0.495. The highest BCUT2D eigenvalue weighted by molar-refractivity contribution is 8.00. The molecule has 1 aromatic heterocycles. The van der Waals surface area contributed by atoms with Crippen molar-refractivity contribution in [3.63, 3.8) is 0 Å². The van der Waals surface area contributed by atoms with Gasteiger partial charge < -0.3 is 4.85 Å². The average molecular weight is 178 g/mol. The number of hydrogen-bond acceptors (Lipinski definition) is 2. The van der Waals surface area contributed by atoms with Crippen molar-refractivity contribution >= 4 is 17.6 Å². The maximum atomic E-state index is 6.88. The van der Waals surface area contributed by atoms with Gasteiger partial charge in [0.15, 0.2) is 0 Å². The molecule has 0 aliphatic heterocycles. The fourth-order valence-electron chi connectivity index (χ4n) is 0.812. The summed E-state index contributed by atoms with van der Waals surface area (Å²) < 4.78 is 0. The van der Waals surface area contributed by atoms with E-state index in [1.54, 1.807) is 18.0 Å². The second kappa shape index (κ2) is 4.13. The van der Waals surface area contributed by atoms with E-state index in [0.717, 1.165) is 4.90 Å². The van der Waals surface area contributed by atoms with E-state index in [1.807, 2.05) is 12.1 Å². The Hall–Kier alpha value is -1.01. The van der Waals surface area contributed by atoms with Gasteiger partial charge in [-0.2, -0.15) is 0 Å². The number of thioether (sulfide) groups is 1. The van der Waals surface area contributed by atoms with Crippen molar-refractivity contribution in [3.8, 4) is 0 Å². The molecule has 0 amide bonds. The van der Waals surface area contributed by atoms with E-state index in [-0.39, 0.29) is 0 Å². The van der Waals surface area contributed by atoms with E-state index < -0.39 is 0 Å². The highest BCUT2D eigenvalue weighted by Gasteiger charge is 2.04. The average Bonchev–Trinajstić information content (AvgIpc) is 2.04. The molecule has 0 fully saturated rings. The Bertz CT molecular complexity index is 302. The molecule has 62 valence electrons. The van der Waals surface area contributed by atoms with E-state index >= 15 is 0 Å². The Kier molecular flexibility index (Phi) is 3.12. The van der Waals surface area contributed by atoms with Crippen LogP contribution in [0.4, 0.5) is 5.82 Å². The smallest absolute Gasteiger partial charge is 0.283 e. The van der Waals surface area contributed by atoms with Crippen molar-refractivity contribution in [2.75, 3.05) is 0 Å². The molecule has 1 rings (SSSR count). The fraction of sp³-hybridized carbons (Fsp3) is 0.333. The molecular weight excluding hydrogens is 168 g/mol. The molecule has 0 N–H and O–H groups in total. The zero-order chi connectivity index (χ0) is 8.97. The van der Waals surface area contributed by atoms with Crippen molar-refractivity contribution in [3.05, 3.63) is 29.7 Å². The normalized spacial score (nSPS) is 9.83. The van der Waals surface area contributed by atoms with Crippen LogP contribution in [0.3, 0.4) is 0 Å². The third kappa shape index (κ3) is 2.24. The monoisotopic (exact) mass is 178 g/mol. The number of nitrogens with zero attached hydrogens (tertiary/aromatic N) is 2. The van der Waals surface area contributed by atoms with Gasteiger partial charge in [0.1, 0.15) is 6.20 Å². The van der Waals surface area contributed by atoms with Crippen LogP contribution in [0.2, 0.25) is 0 Å². The van der Waals surface area contributed by atoms with E-state index in [2.05, 4.69) is 23.7 Å². The number of hydrogen-bond donors (Lipinski definition) is 0. The van der Waals surface area contributed by atoms with Crippen LogP contribution in [0.5, 0.6) is 0 Å². The van der Waals surface area contributed by atoms with Crippen LogP contribution in [-0.2, 0) is 0 Å². The Morgan fingerprint density at radius 2 is 2.33 bits per heavy atom. The van der Waals surface area contributed by atoms with Gasteiger partial charge in [-0.15, -0.1) is 16.7 Å². The van der Waals surface area contributed by atoms with Gasteiger partial charge in [-0.25, -0.2) is 0 Å². The van der Waals surface area contributed by atoms with Gasteiger partial charge in [0.05, 0.1) is 0 Å². The van der Waals surface area contributed by atoms with Crippen LogP contribution in [0.1, 0.15) is 13.8 Å². The minimum Gasteiger partial charge on any atom is -0.360 e. The lowest BCUT2D eigenvalue weighted by atomic mass is 10.5. The van der Waals surface area contributed by atoms with Gasteiger partial charge in [0, 0.05) is 10.1 Å². The zero-order valence-corrected chi connectivity index (χ0v) is 7.93. The largest absolute Gasteiger partial charge is 0.360 e. The van der Waals surface area contributed by atoms with E-state index in [0.29, 0.717) is 11.1 Å².